The summed E-state index contributed by atoms with van der Waals surface area (Å²) < 4.78 is 0.0258. The Morgan fingerprint density at radius 2 is 2.11 bits per heavy atom. The van der Waals surface area contributed by atoms with E-state index < -0.39 is 6.61 Å². The molecule has 0 aromatic rings. The molecule has 0 aliphatic heterocycles. The SMILES string of the molecule is C[N+](C)(CCl)C(=O)CO. The van der Waals surface area contributed by atoms with Crippen LogP contribution in [0, 0.1) is 0 Å². The molecule has 4 heteroatoms. The maximum Gasteiger partial charge on any atom is 0.339 e. The summed E-state index contributed by atoms with van der Waals surface area (Å²) in [4.78, 5) is 10.7. The number of carbonyl (C=O) groups excluding carboxylic acids is 1. The molecule has 3 nitrogen and oxygen atoms in total. The van der Waals surface area contributed by atoms with Gasteiger partial charge in [-0.2, -0.15) is 0 Å². The van der Waals surface area contributed by atoms with Gasteiger partial charge < -0.3 is 5.11 Å². The van der Waals surface area contributed by atoms with E-state index in [1.54, 1.807) is 14.1 Å². The van der Waals surface area contributed by atoms with E-state index in [1.807, 2.05) is 0 Å². The van der Waals surface area contributed by atoms with Crippen molar-refractivity contribution >= 4 is 17.5 Å². The van der Waals surface area contributed by atoms with Crippen LogP contribution in [0.4, 0.5) is 0 Å². The number of likely N-dealkylation sites (N-methyl/N-ethyl adjacent to an activating group) is 1. The Balaban J connectivity index is 3.97. The number of carbonyl (C=O) groups is 1. The minimum atomic E-state index is -0.445. The molecular weight excluding hydrogens is 142 g/mol. The number of halogens is 1. The first-order valence-corrected chi connectivity index (χ1v) is 3.11. The van der Waals surface area contributed by atoms with Crippen molar-refractivity contribution < 1.29 is 14.4 Å². The van der Waals surface area contributed by atoms with Crippen molar-refractivity contribution in [3.05, 3.63) is 0 Å². The molecule has 0 saturated carbocycles. The average molecular weight is 153 g/mol. The highest BCUT2D eigenvalue weighted by molar-refractivity contribution is 6.17. The van der Waals surface area contributed by atoms with Crippen LogP contribution in [0.3, 0.4) is 0 Å². The fourth-order valence-corrected chi connectivity index (χ4v) is 0.391. The summed E-state index contributed by atoms with van der Waals surface area (Å²) in [5, 5.41) is 8.38. The van der Waals surface area contributed by atoms with Crippen LogP contribution >= 0.6 is 11.6 Å². The molecule has 0 aliphatic carbocycles. The number of quaternary nitrogens is 1. The lowest BCUT2D eigenvalue weighted by Crippen LogP contribution is -2.46. The maximum absolute atomic E-state index is 10.7. The van der Waals surface area contributed by atoms with E-state index >= 15 is 0 Å². The van der Waals surface area contributed by atoms with Crippen LogP contribution in [0.1, 0.15) is 0 Å². The van der Waals surface area contributed by atoms with Gasteiger partial charge in [0.05, 0.1) is 14.1 Å². The zero-order valence-electron chi connectivity index (χ0n) is 5.59. The van der Waals surface area contributed by atoms with E-state index in [1.165, 1.54) is 0 Å². The highest BCUT2D eigenvalue weighted by Crippen LogP contribution is 1.98. The maximum atomic E-state index is 10.7. The molecule has 0 aromatic heterocycles. The monoisotopic (exact) mass is 152 g/mol. The molecule has 1 amide bonds. The van der Waals surface area contributed by atoms with Gasteiger partial charge in [-0.15, -0.1) is 0 Å². The highest BCUT2D eigenvalue weighted by atomic mass is 35.5. The van der Waals surface area contributed by atoms with E-state index in [9.17, 15) is 4.79 Å². The third-order valence-corrected chi connectivity index (χ3v) is 1.71. The Kier molecular flexibility index (Phi) is 3.11. The third-order valence-electron chi connectivity index (χ3n) is 1.11. The van der Waals surface area contributed by atoms with Crippen LogP contribution in [-0.4, -0.2) is 42.2 Å². The first kappa shape index (κ1) is 8.88. The number of hydrogen-bond donors (Lipinski definition) is 1. The fraction of sp³-hybridized carbons (Fsp3) is 0.800. The zero-order valence-corrected chi connectivity index (χ0v) is 6.35. The number of rotatable bonds is 2. The molecule has 0 atom stereocenters. The number of nitrogens with zero attached hydrogens (tertiary/aromatic N) is 1. The molecule has 54 valence electrons. The normalized spacial score (nSPS) is 11.6. The van der Waals surface area contributed by atoms with Gasteiger partial charge in [0, 0.05) is 0 Å². The summed E-state index contributed by atoms with van der Waals surface area (Å²) in [6.07, 6.45) is 0. The van der Waals surface area contributed by atoms with Crippen LogP contribution in [0.15, 0.2) is 0 Å². The molecule has 0 radical (unpaired) electrons. The molecule has 0 rings (SSSR count). The lowest BCUT2D eigenvalue weighted by Gasteiger charge is -2.21. The van der Waals surface area contributed by atoms with Crippen LogP contribution in [-0.2, 0) is 4.79 Å². The molecule has 0 aromatic carbocycles. The van der Waals surface area contributed by atoms with Crippen molar-refractivity contribution in [1.29, 1.82) is 0 Å². The predicted molar refractivity (Wildman–Crippen MR) is 34.9 cm³/mol. The summed E-state index contributed by atoms with van der Waals surface area (Å²) in [5.41, 5.74) is 0. The number of aliphatic hydroxyl groups excluding tert-OH is 1. The Morgan fingerprint density at radius 1 is 1.67 bits per heavy atom. The largest absolute Gasteiger partial charge is 0.382 e. The van der Waals surface area contributed by atoms with Gasteiger partial charge in [0.2, 0.25) is 0 Å². The minimum absolute atomic E-state index is 0.0258. The van der Waals surface area contributed by atoms with Crippen molar-refractivity contribution in [1.82, 2.24) is 0 Å². The highest BCUT2D eigenvalue weighted by Gasteiger charge is 2.23. The fourth-order valence-electron chi connectivity index (χ4n) is 0.258. The Morgan fingerprint density at radius 3 is 2.22 bits per heavy atom. The van der Waals surface area contributed by atoms with Crippen molar-refractivity contribution in [2.75, 3.05) is 26.7 Å². The Hall–Kier alpha value is -0.120. The first-order chi connectivity index (χ1) is 4.04. The molecule has 9 heavy (non-hydrogen) atoms. The quantitative estimate of drug-likeness (QED) is 0.338. The molecule has 0 heterocycles. The van der Waals surface area contributed by atoms with Crippen molar-refractivity contribution in [2.24, 2.45) is 0 Å². The van der Waals surface area contributed by atoms with Gasteiger partial charge in [-0.1, -0.05) is 11.6 Å². The summed E-state index contributed by atoms with van der Waals surface area (Å²) in [6, 6.07) is 0.194. The van der Waals surface area contributed by atoms with Gasteiger partial charge in [0.15, 0.2) is 12.6 Å². The van der Waals surface area contributed by atoms with E-state index in [2.05, 4.69) is 0 Å². The van der Waals surface area contributed by atoms with Gasteiger partial charge in [-0.05, 0) is 0 Å². The van der Waals surface area contributed by atoms with Crippen LogP contribution in [0.25, 0.3) is 0 Å². The molecule has 0 unspecified atom stereocenters. The second-order valence-corrected chi connectivity index (χ2v) is 2.60. The van der Waals surface area contributed by atoms with Gasteiger partial charge >= 0.3 is 5.91 Å². The van der Waals surface area contributed by atoms with Gasteiger partial charge in [0.25, 0.3) is 0 Å². The lowest BCUT2D eigenvalue weighted by molar-refractivity contribution is -0.801. The second kappa shape index (κ2) is 3.15. The third kappa shape index (κ3) is 2.30. The molecule has 1 N–H and O–H groups in total. The zero-order chi connectivity index (χ0) is 7.49. The number of alkyl halides is 1. The molecule has 0 fully saturated rings. The predicted octanol–water partition coefficient (Wildman–Crippen LogP) is -0.222. The van der Waals surface area contributed by atoms with Crippen molar-refractivity contribution in [3.63, 3.8) is 0 Å². The van der Waals surface area contributed by atoms with E-state index in [4.69, 9.17) is 16.7 Å². The van der Waals surface area contributed by atoms with E-state index in [0.717, 1.165) is 0 Å². The Labute approximate surface area is 59.4 Å². The Bertz CT molecular complexity index is 114. The van der Waals surface area contributed by atoms with Crippen LogP contribution < -0.4 is 0 Å². The topological polar surface area (TPSA) is 37.3 Å². The smallest absolute Gasteiger partial charge is 0.339 e. The number of amides is 1. The van der Waals surface area contributed by atoms with Gasteiger partial charge in [0.1, 0.15) is 0 Å². The summed E-state index contributed by atoms with van der Waals surface area (Å²) >= 11 is 5.41. The molecule has 0 aliphatic rings. The standard InChI is InChI=1S/C5H11ClNO2/c1-7(2,4-6)5(9)3-8/h8H,3-4H2,1-2H3/q+1. The minimum Gasteiger partial charge on any atom is -0.382 e. The summed E-state index contributed by atoms with van der Waals surface area (Å²) in [7, 11) is 3.29. The first-order valence-electron chi connectivity index (χ1n) is 2.58. The second-order valence-electron chi connectivity index (χ2n) is 2.36. The molecule has 0 spiro atoms. The number of aliphatic hydroxyl groups is 1. The summed E-state index contributed by atoms with van der Waals surface area (Å²) in [6.45, 7) is -0.445. The van der Waals surface area contributed by atoms with E-state index in [0.29, 0.717) is 0 Å². The van der Waals surface area contributed by atoms with Crippen LogP contribution in [0.2, 0.25) is 0 Å². The molecule has 0 bridgehead atoms. The molecular formula is C5H11ClNO2+. The van der Waals surface area contributed by atoms with Gasteiger partial charge in [-0.25, -0.2) is 4.79 Å². The lowest BCUT2D eigenvalue weighted by atomic mass is 10.5. The molecule has 0 saturated heterocycles. The van der Waals surface area contributed by atoms with Gasteiger partial charge in [-0.3, -0.25) is 4.48 Å². The average Bonchev–Trinajstić information content (AvgIpc) is 1.86. The van der Waals surface area contributed by atoms with E-state index in [-0.39, 0.29) is 16.4 Å². The summed E-state index contributed by atoms with van der Waals surface area (Å²) in [5.74, 6) is -0.273. The van der Waals surface area contributed by atoms with Crippen molar-refractivity contribution in [2.45, 2.75) is 0 Å². The number of hydrogen-bond acceptors (Lipinski definition) is 2. The van der Waals surface area contributed by atoms with Crippen LogP contribution in [0.5, 0.6) is 0 Å². The van der Waals surface area contributed by atoms with Crippen molar-refractivity contribution in [3.8, 4) is 0 Å².